The van der Waals surface area contributed by atoms with Crippen molar-refractivity contribution < 1.29 is 13.5 Å². The minimum atomic E-state index is -3.67. The molecule has 19 heavy (non-hydrogen) atoms. The van der Waals surface area contributed by atoms with Crippen LogP contribution in [-0.2, 0) is 10.0 Å². The highest BCUT2D eigenvalue weighted by Crippen LogP contribution is 2.23. The number of halogens is 1. The summed E-state index contributed by atoms with van der Waals surface area (Å²) in [5.74, 6) is 5.13. The lowest BCUT2D eigenvalue weighted by Gasteiger charge is -2.20. The van der Waals surface area contributed by atoms with Crippen molar-refractivity contribution >= 4 is 21.6 Å². The molecule has 0 bridgehead atoms. The molecule has 4 nitrogen and oxygen atoms in total. The van der Waals surface area contributed by atoms with Gasteiger partial charge in [0.15, 0.2) is 0 Å². The van der Waals surface area contributed by atoms with Crippen molar-refractivity contribution in [2.24, 2.45) is 0 Å². The van der Waals surface area contributed by atoms with Crippen LogP contribution in [0.25, 0.3) is 0 Å². The van der Waals surface area contributed by atoms with Crippen LogP contribution in [0.2, 0.25) is 5.02 Å². The zero-order valence-electron chi connectivity index (χ0n) is 11.0. The lowest BCUT2D eigenvalue weighted by molar-refractivity contribution is 0.350. The molecule has 0 fully saturated rings. The van der Waals surface area contributed by atoms with Gasteiger partial charge in [-0.15, -0.1) is 0 Å². The maximum Gasteiger partial charge on any atom is 0.242 e. The molecular formula is C13H16ClNO3S. The van der Waals surface area contributed by atoms with Crippen molar-refractivity contribution in [3.63, 3.8) is 0 Å². The molecule has 0 aliphatic carbocycles. The summed E-state index contributed by atoms with van der Waals surface area (Å²) in [7, 11) is -3.67. The third-order valence-corrected chi connectivity index (χ3v) is 4.21. The van der Waals surface area contributed by atoms with Gasteiger partial charge >= 0.3 is 0 Å². The molecular weight excluding hydrogens is 286 g/mol. The summed E-state index contributed by atoms with van der Waals surface area (Å²) >= 11 is 5.97. The maximum atomic E-state index is 12.1. The van der Waals surface area contributed by atoms with E-state index in [9.17, 15) is 8.42 Å². The Morgan fingerprint density at radius 1 is 1.37 bits per heavy atom. The van der Waals surface area contributed by atoms with Gasteiger partial charge in [-0.25, -0.2) is 13.1 Å². The van der Waals surface area contributed by atoms with Gasteiger partial charge in [0.2, 0.25) is 10.0 Å². The first kappa shape index (κ1) is 16.0. The molecule has 0 spiro atoms. The van der Waals surface area contributed by atoms with E-state index in [0.717, 1.165) is 0 Å². The highest BCUT2D eigenvalue weighted by Gasteiger charge is 2.24. The van der Waals surface area contributed by atoms with Gasteiger partial charge < -0.3 is 5.11 Å². The van der Waals surface area contributed by atoms with Crippen LogP contribution in [0.1, 0.15) is 26.3 Å². The van der Waals surface area contributed by atoms with Crippen LogP contribution in [0, 0.1) is 11.8 Å². The molecule has 0 saturated heterocycles. The number of hydrogen-bond donors (Lipinski definition) is 2. The van der Waals surface area contributed by atoms with Crippen LogP contribution in [0.15, 0.2) is 23.1 Å². The van der Waals surface area contributed by atoms with Crippen molar-refractivity contribution in [2.75, 3.05) is 6.61 Å². The van der Waals surface area contributed by atoms with E-state index in [2.05, 4.69) is 16.6 Å². The predicted octanol–water partition coefficient (Wildman–Crippen LogP) is 1.76. The predicted molar refractivity (Wildman–Crippen MR) is 75.5 cm³/mol. The molecule has 0 amide bonds. The first-order valence-electron chi connectivity index (χ1n) is 5.59. The molecule has 0 heterocycles. The smallest absolute Gasteiger partial charge is 0.242 e. The SMILES string of the molecule is CC(C)(C)NS(=O)(=O)c1ccc(C#CCO)cc1Cl. The molecule has 0 atom stereocenters. The minimum Gasteiger partial charge on any atom is -0.384 e. The Hall–Kier alpha value is -1.06. The van der Waals surface area contributed by atoms with Crippen molar-refractivity contribution in [1.82, 2.24) is 4.72 Å². The Balaban J connectivity index is 3.16. The topological polar surface area (TPSA) is 66.4 Å². The van der Waals surface area contributed by atoms with E-state index in [1.807, 2.05) is 0 Å². The zero-order chi connectivity index (χ0) is 14.7. The van der Waals surface area contributed by atoms with Crippen LogP contribution in [0.5, 0.6) is 0 Å². The number of nitrogens with one attached hydrogen (secondary N) is 1. The van der Waals surface area contributed by atoms with Crippen molar-refractivity contribution in [3.8, 4) is 11.8 Å². The Bertz CT molecular complexity index is 622. The molecule has 1 aromatic rings. The van der Waals surface area contributed by atoms with Gasteiger partial charge in [-0.3, -0.25) is 0 Å². The Morgan fingerprint density at radius 2 is 2.00 bits per heavy atom. The standard InChI is InChI=1S/C13H16ClNO3S/c1-13(2,3)15-19(17,18)12-7-6-10(5-4-8-16)9-11(12)14/h6-7,9,15-16H,8H2,1-3H3. The maximum absolute atomic E-state index is 12.1. The molecule has 0 unspecified atom stereocenters. The van der Waals surface area contributed by atoms with Crippen LogP contribution in [-0.4, -0.2) is 25.7 Å². The average Bonchev–Trinajstić information content (AvgIpc) is 2.22. The van der Waals surface area contributed by atoms with E-state index >= 15 is 0 Å². The number of sulfonamides is 1. The quantitative estimate of drug-likeness (QED) is 0.818. The molecule has 2 N–H and O–H groups in total. The fourth-order valence-electron chi connectivity index (χ4n) is 1.40. The van der Waals surface area contributed by atoms with Crippen LogP contribution in [0.4, 0.5) is 0 Å². The Kier molecular flexibility index (Phi) is 4.99. The van der Waals surface area contributed by atoms with E-state index in [1.54, 1.807) is 26.8 Å². The van der Waals surface area contributed by atoms with E-state index < -0.39 is 15.6 Å². The average molecular weight is 302 g/mol. The van der Waals surface area contributed by atoms with Crippen molar-refractivity contribution in [3.05, 3.63) is 28.8 Å². The van der Waals surface area contributed by atoms with E-state index in [4.69, 9.17) is 16.7 Å². The monoisotopic (exact) mass is 301 g/mol. The third-order valence-electron chi connectivity index (χ3n) is 1.97. The highest BCUT2D eigenvalue weighted by atomic mass is 35.5. The molecule has 6 heteroatoms. The summed E-state index contributed by atoms with van der Waals surface area (Å²) in [6.45, 7) is 4.99. The second-order valence-electron chi connectivity index (χ2n) is 4.96. The number of aliphatic hydroxyl groups excluding tert-OH is 1. The second-order valence-corrected chi connectivity index (χ2v) is 7.02. The number of benzene rings is 1. The van der Waals surface area contributed by atoms with Gasteiger partial charge in [-0.1, -0.05) is 23.4 Å². The first-order chi connectivity index (χ1) is 8.65. The van der Waals surface area contributed by atoms with Gasteiger partial charge in [0, 0.05) is 11.1 Å². The molecule has 0 saturated carbocycles. The molecule has 0 radical (unpaired) electrons. The number of hydrogen-bond acceptors (Lipinski definition) is 3. The third kappa shape index (κ3) is 4.84. The van der Waals surface area contributed by atoms with Crippen molar-refractivity contribution in [2.45, 2.75) is 31.2 Å². The van der Waals surface area contributed by atoms with Gasteiger partial charge in [-0.05, 0) is 39.0 Å². The Morgan fingerprint density at radius 3 is 2.47 bits per heavy atom. The summed E-state index contributed by atoms with van der Waals surface area (Å²) in [5, 5.41) is 8.69. The summed E-state index contributed by atoms with van der Waals surface area (Å²) in [4.78, 5) is 0.0126. The van der Waals surface area contributed by atoms with E-state index in [-0.39, 0.29) is 16.5 Å². The fourth-order valence-corrected chi connectivity index (χ4v) is 3.36. The van der Waals surface area contributed by atoms with Gasteiger partial charge in [-0.2, -0.15) is 0 Å². The van der Waals surface area contributed by atoms with Gasteiger partial charge in [0.25, 0.3) is 0 Å². The minimum absolute atomic E-state index is 0.0126. The number of aliphatic hydroxyl groups is 1. The van der Waals surface area contributed by atoms with Crippen LogP contribution < -0.4 is 4.72 Å². The van der Waals surface area contributed by atoms with Gasteiger partial charge in [0.05, 0.1) is 5.02 Å². The molecule has 1 aromatic carbocycles. The van der Waals surface area contributed by atoms with Crippen molar-refractivity contribution in [1.29, 1.82) is 0 Å². The lowest BCUT2D eigenvalue weighted by atomic mass is 10.1. The molecule has 0 aliphatic rings. The fraction of sp³-hybridized carbons (Fsp3) is 0.385. The summed E-state index contributed by atoms with van der Waals surface area (Å²) in [5.41, 5.74) is -0.0360. The highest BCUT2D eigenvalue weighted by molar-refractivity contribution is 7.89. The Labute approximate surface area is 118 Å². The summed E-state index contributed by atoms with van der Waals surface area (Å²) in [6, 6.07) is 4.41. The van der Waals surface area contributed by atoms with Crippen LogP contribution >= 0.6 is 11.6 Å². The summed E-state index contributed by atoms with van der Waals surface area (Å²) < 4.78 is 26.8. The largest absolute Gasteiger partial charge is 0.384 e. The van der Waals surface area contributed by atoms with E-state index in [0.29, 0.717) is 5.56 Å². The molecule has 104 valence electrons. The number of rotatable bonds is 2. The molecule has 1 rings (SSSR count). The lowest BCUT2D eigenvalue weighted by Crippen LogP contribution is -2.40. The van der Waals surface area contributed by atoms with Crippen LogP contribution in [0.3, 0.4) is 0 Å². The second kappa shape index (κ2) is 5.93. The van der Waals surface area contributed by atoms with Gasteiger partial charge in [0.1, 0.15) is 11.5 Å². The van der Waals surface area contributed by atoms with E-state index in [1.165, 1.54) is 12.1 Å². The first-order valence-corrected chi connectivity index (χ1v) is 7.45. The summed E-state index contributed by atoms with van der Waals surface area (Å²) in [6.07, 6.45) is 0. The normalized spacial score (nSPS) is 11.8. The molecule has 0 aromatic heterocycles. The molecule has 0 aliphatic heterocycles. The zero-order valence-corrected chi connectivity index (χ0v) is 12.6.